The molecule has 2 fully saturated rings. The van der Waals surface area contributed by atoms with Crippen LogP contribution in [0.4, 0.5) is 19.0 Å². The Bertz CT molecular complexity index is 1580. The summed E-state index contributed by atoms with van der Waals surface area (Å²) in [5.74, 6) is -0.0172. The van der Waals surface area contributed by atoms with Gasteiger partial charge in [-0.1, -0.05) is 6.92 Å². The second-order valence-corrected chi connectivity index (χ2v) is 13.4. The van der Waals surface area contributed by atoms with E-state index in [1.165, 1.54) is 47.1 Å². The predicted molar refractivity (Wildman–Crippen MR) is 147 cm³/mol. The van der Waals surface area contributed by atoms with Gasteiger partial charge in [0.15, 0.2) is 5.82 Å². The van der Waals surface area contributed by atoms with Crippen molar-refractivity contribution in [1.29, 1.82) is 0 Å². The standard InChI is InChI=1S/C28H32F3N5O5S/c1-18-16-26(2,3)35(17-18)24-21(25(38)34-42(39,40)20-6-4-19(37)5-7-20)8-9-22(32-24)36-14-10-23(33-36)41-15-13-27(11-12-27)28(29,30)31/h4-10,14,18,37H,11-13,15-17H2,1-3H3,(H,34,38)/t18-/m0/s1. The minimum atomic E-state index is -4.26. The third kappa shape index (κ3) is 5.90. The summed E-state index contributed by atoms with van der Waals surface area (Å²) in [6, 6.07) is 9.25. The molecule has 5 rings (SSSR count). The highest BCUT2D eigenvalue weighted by Crippen LogP contribution is 2.59. The smallest absolute Gasteiger partial charge is 0.394 e. The monoisotopic (exact) mass is 607 g/mol. The quantitative estimate of drug-likeness (QED) is 0.354. The minimum Gasteiger partial charge on any atom is -0.508 e. The lowest BCUT2D eigenvalue weighted by atomic mass is 9.97. The van der Waals surface area contributed by atoms with Crippen molar-refractivity contribution in [3.63, 3.8) is 0 Å². The van der Waals surface area contributed by atoms with Gasteiger partial charge in [-0.2, -0.15) is 13.2 Å². The number of anilines is 1. The zero-order valence-electron chi connectivity index (χ0n) is 23.3. The molecule has 3 heterocycles. The Hall–Kier alpha value is -3.81. The van der Waals surface area contributed by atoms with Crippen LogP contribution in [0.1, 0.15) is 56.8 Å². The summed E-state index contributed by atoms with van der Waals surface area (Å²) in [5, 5.41) is 13.8. The molecule has 1 amide bonds. The highest BCUT2D eigenvalue weighted by atomic mass is 32.2. The number of hydrogen-bond acceptors (Lipinski definition) is 8. The summed E-state index contributed by atoms with van der Waals surface area (Å²) >= 11 is 0. The molecule has 1 aromatic carbocycles. The molecule has 2 aromatic heterocycles. The molecule has 0 radical (unpaired) electrons. The molecule has 3 aromatic rings. The number of aromatic hydroxyl groups is 1. The van der Waals surface area contributed by atoms with Crippen molar-refractivity contribution in [1.82, 2.24) is 19.5 Å². The van der Waals surface area contributed by atoms with Crippen molar-refractivity contribution in [2.75, 3.05) is 18.1 Å². The first kappa shape index (κ1) is 29.7. The molecule has 0 unspecified atom stereocenters. The second-order valence-electron chi connectivity index (χ2n) is 11.7. The first-order valence-corrected chi connectivity index (χ1v) is 15.0. The van der Waals surface area contributed by atoms with Gasteiger partial charge < -0.3 is 14.7 Å². The summed E-state index contributed by atoms with van der Waals surface area (Å²) in [6.07, 6.45) is -1.85. The Kier molecular flexibility index (Phi) is 7.40. The van der Waals surface area contributed by atoms with Crippen LogP contribution in [0.5, 0.6) is 11.6 Å². The molecule has 42 heavy (non-hydrogen) atoms. The minimum absolute atomic E-state index is 0.0359. The van der Waals surface area contributed by atoms with Gasteiger partial charge >= 0.3 is 6.18 Å². The van der Waals surface area contributed by atoms with Crippen molar-refractivity contribution in [2.45, 2.75) is 63.1 Å². The fourth-order valence-electron chi connectivity index (χ4n) is 5.46. The molecule has 0 bridgehead atoms. The number of alkyl halides is 3. The van der Waals surface area contributed by atoms with E-state index in [9.17, 15) is 31.5 Å². The van der Waals surface area contributed by atoms with Crippen LogP contribution in [0.3, 0.4) is 0 Å². The molecule has 2 aliphatic rings. The van der Waals surface area contributed by atoms with E-state index in [0.717, 1.165) is 6.42 Å². The Morgan fingerprint density at radius 1 is 1.14 bits per heavy atom. The number of rotatable bonds is 9. The van der Waals surface area contributed by atoms with Crippen LogP contribution in [0, 0.1) is 11.3 Å². The van der Waals surface area contributed by atoms with Crippen LogP contribution < -0.4 is 14.4 Å². The molecule has 0 spiro atoms. The third-order valence-electron chi connectivity index (χ3n) is 7.89. The molecule has 2 N–H and O–H groups in total. The molecule has 10 nitrogen and oxygen atoms in total. The summed E-state index contributed by atoms with van der Waals surface area (Å²) in [6.45, 7) is 6.52. The summed E-state index contributed by atoms with van der Waals surface area (Å²) in [5.41, 5.74) is -2.03. The molecular formula is C28H32F3N5O5S. The fraction of sp³-hybridized carbons (Fsp3) is 0.464. The van der Waals surface area contributed by atoms with Crippen LogP contribution in [0.15, 0.2) is 53.6 Å². The molecule has 14 heteroatoms. The van der Waals surface area contributed by atoms with Gasteiger partial charge in [0.2, 0.25) is 5.88 Å². The maximum absolute atomic E-state index is 13.4. The van der Waals surface area contributed by atoms with E-state index >= 15 is 0 Å². The van der Waals surface area contributed by atoms with Crippen LogP contribution in [0.25, 0.3) is 5.82 Å². The number of sulfonamides is 1. The lowest BCUT2D eigenvalue weighted by Crippen LogP contribution is -2.41. The van der Waals surface area contributed by atoms with E-state index < -0.39 is 33.1 Å². The van der Waals surface area contributed by atoms with Crippen molar-refractivity contribution in [3.8, 4) is 17.4 Å². The van der Waals surface area contributed by atoms with Gasteiger partial charge in [0.25, 0.3) is 15.9 Å². The number of benzene rings is 1. The number of carbonyl (C=O) groups is 1. The van der Waals surface area contributed by atoms with E-state index in [4.69, 9.17) is 9.72 Å². The number of pyridine rings is 1. The first-order chi connectivity index (χ1) is 19.6. The van der Waals surface area contributed by atoms with Gasteiger partial charge in [-0.15, -0.1) is 5.10 Å². The van der Waals surface area contributed by atoms with Gasteiger partial charge in [0.1, 0.15) is 11.6 Å². The normalized spacial score (nSPS) is 19.5. The van der Waals surface area contributed by atoms with Crippen LogP contribution in [-0.2, 0) is 10.0 Å². The Morgan fingerprint density at radius 3 is 2.43 bits per heavy atom. The van der Waals surface area contributed by atoms with Gasteiger partial charge in [-0.3, -0.25) is 4.79 Å². The maximum atomic E-state index is 13.4. The largest absolute Gasteiger partial charge is 0.508 e. The number of hydrogen-bond donors (Lipinski definition) is 2. The lowest BCUT2D eigenvalue weighted by Gasteiger charge is -2.34. The summed E-state index contributed by atoms with van der Waals surface area (Å²) < 4.78 is 74.4. The average Bonchev–Trinajstić information content (AvgIpc) is 3.46. The maximum Gasteiger partial charge on any atom is 0.394 e. The molecule has 1 saturated heterocycles. The zero-order chi connectivity index (χ0) is 30.5. The Morgan fingerprint density at radius 2 is 1.83 bits per heavy atom. The number of amides is 1. The van der Waals surface area contributed by atoms with E-state index in [-0.39, 0.29) is 59.7 Å². The zero-order valence-corrected chi connectivity index (χ0v) is 24.2. The second kappa shape index (κ2) is 10.5. The van der Waals surface area contributed by atoms with E-state index in [1.54, 1.807) is 6.20 Å². The number of aromatic nitrogens is 3. The summed E-state index contributed by atoms with van der Waals surface area (Å²) in [4.78, 5) is 19.8. The number of phenolic OH excluding ortho intramolecular Hbond substituents is 1. The lowest BCUT2D eigenvalue weighted by molar-refractivity contribution is -0.190. The van der Waals surface area contributed by atoms with Crippen LogP contribution >= 0.6 is 0 Å². The number of nitrogens with zero attached hydrogens (tertiary/aromatic N) is 4. The van der Waals surface area contributed by atoms with Crippen LogP contribution in [-0.4, -0.2) is 59.1 Å². The van der Waals surface area contributed by atoms with Gasteiger partial charge in [0, 0.05) is 24.3 Å². The molecule has 226 valence electrons. The van der Waals surface area contributed by atoms with Crippen LogP contribution in [0.2, 0.25) is 0 Å². The SMILES string of the molecule is C[C@@H]1CN(c2nc(-n3ccc(OCCC4(C(F)(F)F)CC4)n3)ccc2C(=O)NS(=O)(=O)c2ccc(O)cc2)C(C)(C)C1. The number of ether oxygens (including phenoxy) is 1. The summed E-state index contributed by atoms with van der Waals surface area (Å²) in [7, 11) is -4.25. The Balaban J connectivity index is 1.40. The molecule has 1 saturated carbocycles. The average molecular weight is 608 g/mol. The van der Waals surface area contributed by atoms with Gasteiger partial charge in [0.05, 0.1) is 22.5 Å². The highest BCUT2D eigenvalue weighted by molar-refractivity contribution is 7.90. The van der Waals surface area contributed by atoms with Gasteiger partial charge in [-0.25, -0.2) is 22.8 Å². The van der Waals surface area contributed by atoms with Crippen molar-refractivity contribution in [3.05, 3.63) is 54.2 Å². The van der Waals surface area contributed by atoms with E-state index in [2.05, 4.69) is 16.7 Å². The number of carbonyl (C=O) groups excluding carboxylic acids is 1. The molecule has 1 aliphatic heterocycles. The van der Waals surface area contributed by atoms with E-state index in [0.29, 0.717) is 12.4 Å². The van der Waals surface area contributed by atoms with Crippen molar-refractivity contribution >= 4 is 21.7 Å². The highest BCUT2D eigenvalue weighted by Gasteiger charge is 2.62. The third-order valence-corrected chi connectivity index (χ3v) is 9.24. The fourth-order valence-corrected chi connectivity index (χ4v) is 6.42. The topological polar surface area (TPSA) is 127 Å². The predicted octanol–water partition coefficient (Wildman–Crippen LogP) is 4.83. The van der Waals surface area contributed by atoms with Crippen molar-refractivity contribution in [2.24, 2.45) is 11.3 Å². The first-order valence-electron chi connectivity index (χ1n) is 13.5. The van der Waals surface area contributed by atoms with E-state index in [1.807, 2.05) is 18.7 Å². The van der Waals surface area contributed by atoms with Crippen molar-refractivity contribution < 1.29 is 36.2 Å². The molecule has 1 atom stereocenters. The molecular weight excluding hydrogens is 575 g/mol. The number of halogens is 3. The number of nitrogens with one attached hydrogen (secondary N) is 1. The van der Waals surface area contributed by atoms with Gasteiger partial charge in [-0.05, 0) is 81.8 Å². The number of phenols is 1. The molecule has 1 aliphatic carbocycles. The Labute approximate surface area is 241 Å².